The summed E-state index contributed by atoms with van der Waals surface area (Å²) in [6.45, 7) is 0.446. The molecule has 4 rings (SSSR count). The molecular formula is C27H28N2O7. The van der Waals surface area contributed by atoms with Gasteiger partial charge in [0.25, 0.3) is 5.69 Å². The molecule has 1 aliphatic heterocycles. The molecule has 0 aromatic heterocycles. The molecule has 1 amide bonds. The highest BCUT2D eigenvalue weighted by atomic mass is 16.6. The molecule has 3 aromatic carbocycles. The molecule has 0 radical (unpaired) electrons. The highest BCUT2D eigenvalue weighted by molar-refractivity contribution is 5.80. The number of methoxy groups -OCH3 is 4. The summed E-state index contributed by atoms with van der Waals surface area (Å²) >= 11 is 0. The van der Waals surface area contributed by atoms with Gasteiger partial charge in [0.15, 0.2) is 23.0 Å². The Morgan fingerprint density at radius 2 is 1.58 bits per heavy atom. The molecule has 36 heavy (non-hydrogen) atoms. The van der Waals surface area contributed by atoms with Crippen molar-refractivity contribution in [1.82, 2.24) is 4.90 Å². The second kappa shape index (κ2) is 10.6. The Labute approximate surface area is 209 Å². The Kier molecular flexibility index (Phi) is 7.28. The van der Waals surface area contributed by atoms with Crippen molar-refractivity contribution in [3.05, 3.63) is 87.0 Å². The van der Waals surface area contributed by atoms with E-state index in [4.69, 9.17) is 18.9 Å². The quantitative estimate of drug-likeness (QED) is 0.340. The highest BCUT2D eigenvalue weighted by Crippen LogP contribution is 2.42. The van der Waals surface area contributed by atoms with Crippen LogP contribution in [0.5, 0.6) is 23.0 Å². The molecule has 0 unspecified atom stereocenters. The van der Waals surface area contributed by atoms with Crippen LogP contribution in [-0.2, 0) is 17.6 Å². The minimum Gasteiger partial charge on any atom is -0.493 e. The van der Waals surface area contributed by atoms with E-state index in [1.54, 1.807) is 57.6 Å². The number of amides is 1. The van der Waals surface area contributed by atoms with Crippen LogP contribution in [0.4, 0.5) is 5.69 Å². The fourth-order valence-electron chi connectivity index (χ4n) is 4.65. The first-order valence-corrected chi connectivity index (χ1v) is 11.4. The molecule has 0 spiro atoms. The van der Waals surface area contributed by atoms with E-state index < -0.39 is 11.0 Å². The molecule has 0 bridgehead atoms. The van der Waals surface area contributed by atoms with Crippen LogP contribution in [0.1, 0.15) is 28.3 Å². The second-order valence-electron chi connectivity index (χ2n) is 8.36. The summed E-state index contributed by atoms with van der Waals surface area (Å²) < 4.78 is 21.7. The van der Waals surface area contributed by atoms with E-state index in [-0.39, 0.29) is 18.0 Å². The number of carbonyl (C=O) groups is 1. The number of hydrogen-bond donors (Lipinski definition) is 0. The molecule has 1 heterocycles. The zero-order valence-electron chi connectivity index (χ0n) is 20.6. The Morgan fingerprint density at radius 3 is 2.25 bits per heavy atom. The number of rotatable bonds is 8. The zero-order chi connectivity index (χ0) is 25.8. The van der Waals surface area contributed by atoms with Crippen LogP contribution >= 0.6 is 0 Å². The Bertz CT molecular complexity index is 1290. The predicted octanol–water partition coefficient (Wildman–Crippen LogP) is 4.35. The van der Waals surface area contributed by atoms with Gasteiger partial charge in [0, 0.05) is 18.7 Å². The van der Waals surface area contributed by atoms with Gasteiger partial charge in [-0.3, -0.25) is 14.9 Å². The molecule has 1 aliphatic rings. The molecule has 9 nitrogen and oxygen atoms in total. The highest BCUT2D eigenvalue weighted by Gasteiger charge is 2.34. The smallest absolute Gasteiger partial charge is 0.269 e. The molecule has 1 atom stereocenters. The third kappa shape index (κ3) is 4.77. The third-order valence-electron chi connectivity index (χ3n) is 6.39. The number of fused-ring (bicyclic) bond motifs is 1. The van der Waals surface area contributed by atoms with E-state index in [1.807, 2.05) is 18.2 Å². The van der Waals surface area contributed by atoms with Crippen LogP contribution in [0.25, 0.3) is 0 Å². The van der Waals surface area contributed by atoms with E-state index >= 15 is 0 Å². The Hall–Kier alpha value is -4.27. The lowest BCUT2D eigenvalue weighted by molar-refractivity contribution is -0.384. The molecule has 9 heteroatoms. The molecule has 0 aliphatic carbocycles. The normalized spacial score (nSPS) is 14.6. The Balaban J connectivity index is 1.77. The maximum absolute atomic E-state index is 13.7. The second-order valence-corrected chi connectivity index (χ2v) is 8.36. The van der Waals surface area contributed by atoms with Crippen molar-refractivity contribution in [2.75, 3.05) is 35.0 Å². The largest absolute Gasteiger partial charge is 0.493 e. The maximum atomic E-state index is 13.7. The fourth-order valence-corrected chi connectivity index (χ4v) is 4.65. The van der Waals surface area contributed by atoms with Gasteiger partial charge in [-0.2, -0.15) is 0 Å². The average molecular weight is 493 g/mol. The molecule has 0 saturated heterocycles. The predicted molar refractivity (Wildman–Crippen MR) is 133 cm³/mol. The first-order chi connectivity index (χ1) is 17.4. The minimum atomic E-state index is -0.527. The van der Waals surface area contributed by atoms with E-state index in [9.17, 15) is 14.9 Å². The van der Waals surface area contributed by atoms with Gasteiger partial charge in [-0.05, 0) is 52.9 Å². The molecule has 188 valence electrons. The SMILES string of the molecule is COc1ccc(CC(=O)N2CCc3cc(OC)c(OC)cc3[C@H]2c2cccc([N+](=O)[O-])c2)cc1OC. The fraction of sp³-hybridized carbons (Fsp3) is 0.296. The van der Waals surface area contributed by atoms with Gasteiger partial charge in [-0.25, -0.2) is 0 Å². The molecule has 0 N–H and O–H groups in total. The van der Waals surface area contributed by atoms with Crippen LogP contribution in [0.15, 0.2) is 54.6 Å². The van der Waals surface area contributed by atoms with Crippen molar-refractivity contribution < 1.29 is 28.7 Å². The summed E-state index contributed by atoms with van der Waals surface area (Å²) in [5.74, 6) is 2.13. The van der Waals surface area contributed by atoms with Crippen LogP contribution in [-0.4, -0.2) is 50.7 Å². The van der Waals surface area contributed by atoms with Crippen LogP contribution in [0.2, 0.25) is 0 Å². The summed E-state index contributed by atoms with van der Waals surface area (Å²) in [5.41, 5.74) is 3.23. The summed E-state index contributed by atoms with van der Waals surface area (Å²) in [7, 11) is 6.23. The summed E-state index contributed by atoms with van der Waals surface area (Å²) in [5, 5.41) is 11.5. The minimum absolute atomic E-state index is 0.0348. The van der Waals surface area contributed by atoms with E-state index in [0.717, 1.165) is 16.7 Å². The van der Waals surface area contributed by atoms with E-state index in [2.05, 4.69) is 0 Å². The van der Waals surface area contributed by atoms with Crippen LogP contribution in [0.3, 0.4) is 0 Å². The van der Waals surface area contributed by atoms with Crippen molar-refractivity contribution in [2.24, 2.45) is 0 Å². The van der Waals surface area contributed by atoms with Crippen molar-refractivity contribution >= 4 is 11.6 Å². The van der Waals surface area contributed by atoms with Crippen molar-refractivity contribution in [3.8, 4) is 23.0 Å². The number of nitro benzene ring substituents is 1. The number of nitrogens with zero attached hydrogens (tertiary/aromatic N) is 2. The summed E-state index contributed by atoms with van der Waals surface area (Å²) in [4.78, 5) is 26.5. The average Bonchev–Trinajstić information content (AvgIpc) is 2.91. The number of nitro groups is 1. The monoisotopic (exact) mass is 492 g/mol. The van der Waals surface area contributed by atoms with Gasteiger partial charge in [0.2, 0.25) is 5.91 Å². The van der Waals surface area contributed by atoms with Crippen molar-refractivity contribution in [1.29, 1.82) is 0 Å². The van der Waals surface area contributed by atoms with Gasteiger partial charge in [-0.15, -0.1) is 0 Å². The lowest BCUT2D eigenvalue weighted by Crippen LogP contribution is -2.41. The van der Waals surface area contributed by atoms with Crippen molar-refractivity contribution in [3.63, 3.8) is 0 Å². The molecular weight excluding hydrogens is 464 g/mol. The zero-order valence-corrected chi connectivity index (χ0v) is 20.6. The van der Waals surface area contributed by atoms with E-state index in [1.165, 1.54) is 12.1 Å². The van der Waals surface area contributed by atoms with Crippen molar-refractivity contribution in [2.45, 2.75) is 18.9 Å². The third-order valence-corrected chi connectivity index (χ3v) is 6.39. The number of ether oxygens (including phenoxy) is 4. The Morgan fingerprint density at radius 1 is 0.917 bits per heavy atom. The standard InChI is InChI=1S/C27H28N2O7/c1-33-22-9-8-17(12-23(22)34-2)13-26(30)28-11-10-18-15-24(35-3)25(36-4)16-21(18)27(28)19-6-5-7-20(14-19)29(31)32/h5-9,12,14-16,27H,10-11,13H2,1-4H3/t27-/m1/s1. The first kappa shape index (κ1) is 24.8. The first-order valence-electron chi connectivity index (χ1n) is 11.4. The maximum Gasteiger partial charge on any atom is 0.269 e. The van der Waals surface area contributed by atoms with Gasteiger partial charge in [0.1, 0.15) is 0 Å². The molecule has 0 saturated carbocycles. The molecule has 3 aromatic rings. The van der Waals surface area contributed by atoms with Gasteiger partial charge in [-0.1, -0.05) is 18.2 Å². The van der Waals surface area contributed by atoms with Crippen LogP contribution < -0.4 is 18.9 Å². The number of hydrogen-bond acceptors (Lipinski definition) is 7. The lowest BCUT2D eigenvalue weighted by Gasteiger charge is -2.38. The topological polar surface area (TPSA) is 100 Å². The van der Waals surface area contributed by atoms with Gasteiger partial charge >= 0.3 is 0 Å². The van der Waals surface area contributed by atoms with E-state index in [0.29, 0.717) is 41.5 Å². The summed E-state index contributed by atoms with van der Waals surface area (Å²) in [6.07, 6.45) is 0.743. The lowest BCUT2D eigenvalue weighted by atomic mass is 9.87. The van der Waals surface area contributed by atoms with Crippen LogP contribution in [0, 0.1) is 10.1 Å². The number of benzene rings is 3. The molecule has 0 fully saturated rings. The number of non-ortho nitro benzene ring substituents is 1. The number of carbonyl (C=O) groups excluding carboxylic acids is 1. The summed E-state index contributed by atoms with van der Waals surface area (Å²) in [6, 6.07) is 15.0. The van der Waals surface area contributed by atoms with Gasteiger partial charge < -0.3 is 23.8 Å². The van der Waals surface area contributed by atoms with Gasteiger partial charge in [0.05, 0.1) is 45.8 Å².